The molecule has 0 radical (unpaired) electrons. The van der Waals surface area contributed by atoms with Gasteiger partial charge in [-0.05, 0) is 0 Å². The SMILES string of the molecule is COCCNCCc1ncc(CCOC)o1. The van der Waals surface area contributed by atoms with Gasteiger partial charge in [-0.2, -0.15) is 0 Å². The standard InChI is InChI=1S/C11H20N2O3/c1-14-7-4-10-9-13-11(16-10)3-5-12-6-8-15-2/h9,12H,3-8H2,1-2H3. The molecule has 0 fully saturated rings. The fourth-order valence-electron chi connectivity index (χ4n) is 1.28. The van der Waals surface area contributed by atoms with Gasteiger partial charge in [-0.3, -0.25) is 0 Å². The third-order valence-electron chi connectivity index (χ3n) is 2.15. The maximum atomic E-state index is 5.53. The molecular weight excluding hydrogens is 208 g/mol. The van der Waals surface area contributed by atoms with Gasteiger partial charge in [0.2, 0.25) is 0 Å². The van der Waals surface area contributed by atoms with E-state index in [1.807, 2.05) is 0 Å². The zero-order valence-corrected chi connectivity index (χ0v) is 9.99. The van der Waals surface area contributed by atoms with Gasteiger partial charge in [0.05, 0.1) is 19.4 Å². The summed E-state index contributed by atoms with van der Waals surface area (Å²) in [6, 6.07) is 0. The first-order valence-corrected chi connectivity index (χ1v) is 5.49. The van der Waals surface area contributed by atoms with Crippen molar-refractivity contribution in [3.63, 3.8) is 0 Å². The highest BCUT2D eigenvalue weighted by Gasteiger charge is 2.02. The van der Waals surface area contributed by atoms with Gasteiger partial charge in [-0.1, -0.05) is 0 Å². The predicted molar refractivity (Wildman–Crippen MR) is 60.5 cm³/mol. The molecule has 1 N–H and O–H groups in total. The van der Waals surface area contributed by atoms with Gasteiger partial charge in [0, 0.05) is 40.2 Å². The fraction of sp³-hybridized carbons (Fsp3) is 0.727. The minimum Gasteiger partial charge on any atom is -0.446 e. The van der Waals surface area contributed by atoms with Crippen LogP contribution in [0.4, 0.5) is 0 Å². The number of nitrogens with one attached hydrogen (secondary N) is 1. The molecule has 0 aromatic carbocycles. The maximum Gasteiger partial charge on any atom is 0.195 e. The van der Waals surface area contributed by atoms with E-state index in [2.05, 4.69) is 10.3 Å². The highest BCUT2D eigenvalue weighted by Crippen LogP contribution is 2.04. The maximum absolute atomic E-state index is 5.53. The second-order valence-electron chi connectivity index (χ2n) is 3.46. The summed E-state index contributed by atoms with van der Waals surface area (Å²) in [5, 5.41) is 3.24. The van der Waals surface area contributed by atoms with Crippen LogP contribution in [0.3, 0.4) is 0 Å². The van der Waals surface area contributed by atoms with Gasteiger partial charge in [0.15, 0.2) is 5.89 Å². The Hall–Kier alpha value is -0.910. The normalized spacial score (nSPS) is 10.9. The van der Waals surface area contributed by atoms with Crippen molar-refractivity contribution in [2.24, 2.45) is 0 Å². The van der Waals surface area contributed by atoms with Crippen molar-refractivity contribution in [1.29, 1.82) is 0 Å². The lowest BCUT2D eigenvalue weighted by molar-refractivity contribution is 0.195. The number of ether oxygens (including phenoxy) is 2. The Morgan fingerprint density at radius 3 is 2.75 bits per heavy atom. The van der Waals surface area contributed by atoms with E-state index in [0.29, 0.717) is 6.61 Å². The second kappa shape index (κ2) is 8.27. The summed E-state index contributed by atoms with van der Waals surface area (Å²) in [5.74, 6) is 1.66. The number of hydrogen-bond acceptors (Lipinski definition) is 5. The number of hydrogen-bond donors (Lipinski definition) is 1. The van der Waals surface area contributed by atoms with Crippen LogP contribution in [0, 0.1) is 0 Å². The van der Waals surface area contributed by atoms with Crippen LogP contribution in [0.5, 0.6) is 0 Å². The molecule has 0 saturated carbocycles. The van der Waals surface area contributed by atoms with E-state index in [4.69, 9.17) is 13.9 Å². The minimum absolute atomic E-state index is 0.667. The number of rotatable bonds is 9. The Bertz CT molecular complexity index is 276. The molecule has 0 bridgehead atoms. The number of methoxy groups -OCH3 is 2. The minimum atomic E-state index is 0.667. The molecule has 0 atom stereocenters. The lowest BCUT2D eigenvalue weighted by atomic mass is 10.4. The summed E-state index contributed by atoms with van der Waals surface area (Å²) >= 11 is 0. The van der Waals surface area contributed by atoms with Crippen LogP contribution in [0.15, 0.2) is 10.6 Å². The topological polar surface area (TPSA) is 56.5 Å². The average molecular weight is 228 g/mol. The Morgan fingerprint density at radius 2 is 2.00 bits per heavy atom. The van der Waals surface area contributed by atoms with Crippen molar-refractivity contribution < 1.29 is 13.9 Å². The van der Waals surface area contributed by atoms with E-state index in [9.17, 15) is 0 Å². The molecule has 0 saturated heterocycles. The monoisotopic (exact) mass is 228 g/mol. The molecule has 1 heterocycles. The Morgan fingerprint density at radius 1 is 1.19 bits per heavy atom. The van der Waals surface area contributed by atoms with Crippen LogP contribution in [-0.4, -0.2) is 45.5 Å². The van der Waals surface area contributed by atoms with Gasteiger partial charge in [-0.25, -0.2) is 4.98 Å². The largest absolute Gasteiger partial charge is 0.446 e. The van der Waals surface area contributed by atoms with Crippen molar-refractivity contribution in [2.75, 3.05) is 40.5 Å². The fourth-order valence-corrected chi connectivity index (χ4v) is 1.28. The van der Waals surface area contributed by atoms with E-state index in [1.165, 1.54) is 0 Å². The smallest absolute Gasteiger partial charge is 0.195 e. The van der Waals surface area contributed by atoms with Crippen LogP contribution in [0.25, 0.3) is 0 Å². The van der Waals surface area contributed by atoms with Crippen LogP contribution < -0.4 is 5.32 Å². The number of oxazole rings is 1. The third-order valence-corrected chi connectivity index (χ3v) is 2.15. The first-order valence-electron chi connectivity index (χ1n) is 5.49. The molecule has 0 amide bonds. The molecule has 0 unspecified atom stereocenters. The van der Waals surface area contributed by atoms with Gasteiger partial charge in [0.1, 0.15) is 5.76 Å². The van der Waals surface area contributed by atoms with Crippen molar-refractivity contribution >= 4 is 0 Å². The summed E-state index contributed by atoms with van der Waals surface area (Å²) in [6.07, 6.45) is 3.35. The molecular formula is C11H20N2O3. The first-order chi connectivity index (χ1) is 7.86. The van der Waals surface area contributed by atoms with Gasteiger partial charge >= 0.3 is 0 Å². The number of nitrogens with zero attached hydrogens (tertiary/aromatic N) is 1. The van der Waals surface area contributed by atoms with Crippen LogP contribution in [0.1, 0.15) is 11.7 Å². The molecule has 0 aliphatic heterocycles. The van der Waals surface area contributed by atoms with E-state index in [1.54, 1.807) is 20.4 Å². The van der Waals surface area contributed by atoms with Crippen molar-refractivity contribution in [3.8, 4) is 0 Å². The first kappa shape index (κ1) is 13.2. The van der Waals surface area contributed by atoms with Gasteiger partial charge < -0.3 is 19.2 Å². The molecule has 0 aliphatic carbocycles. The second-order valence-corrected chi connectivity index (χ2v) is 3.46. The molecule has 92 valence electrons. The zero-order valence-electron chi connectivity index (χ0n) is 9.99. The Labute approximate surface area is 96.1 Å². The Balaban J connectivity index is 2.14. The van der Waals surface area contributed by atoms with E-state index in [0.717, 1.165) is 44.2 Å². The summed E-state index contributed by atoms with van der Waals surface area (Å²) in [4.78, 5) is 4.19. The van der Waals surface area contributed by atoms with Crippen LogP contribution in [0.2, 0.25) is 0 Å². The summed E-state index contributed by atoms with van der Waals surface area (Å²) in [6.45, 7) is 3.10. The molecule has 1 aromatic rings. The summed E-state index contributed by atoms with van der Waals surface area (Å²) in [7, 11) is 3.37. The molecule has 0 aliphatic rings. The average Bonchev–Trinajstić information content (AvgIpc) is 2.74. The molecule has 5 heteroatoms. The summed E-state index contributed by atoms with van der Waals surface area (Å²) in [5.41, 5.74) is 0. The quantitative estimate of drug-likeness (QED) is 0.629. The molecule has 0 spiro atoms. The lowest BCUT2D eigenvalue weighted by Gasteiger charge is -2.01. The predicted octanol–water partition coefficient (Wildman–Crippen LogP) is 0.642. The third kappa shape index (κ3) is 5.25. The van der Waals surface area contributed by atoms with Gasteiger partial charge in [-0.15, -0.1) is 0 Å². The molecule has 1 aromatic heterocycles. The van der Waals surface area contributed by atoms with Crippen molar-refractivity contribution in [2.45, 2.75) is 12.8 Å². The number of aromatic nitrogens is 1. The van der Waals surface area contributed by atoms with E-state index < -0.39 is 0 Å². The van der Waals surface area contributed by atoms with E-state index in [-0.39, 0.29) is 0 Å². The molecule has 16 heavy (non-hydrogen) atoms. The van der Waals surface area contributed by atoms with Gasteiger partial charge in [0.25, 0.3) is 0 Å². The van der Waals surface area contributed by atoms with Crippen LogP contribution >= 0.6 is 0 Å². The van der Waals surface area contributed by atoms with Crippen LogP contribution in [-0.2, 0) is 22.3 Å². The zero-order chi connectivity index (χ0) is 11.6. The highest BCUT2D eigenvalue weighted by molar-refractivity contribution is 4.94. The Kier molecular flexibility index (Phi) is 6.80. The van der Waals surface area contributed by atoms with E-state index >= 15 is 0 Å². The molecule has 5 nitrogen and oxygen atoms in total. The highest BCUT2D eigenvalue weighted by atomic mass is 16.5. The lowest BCUT2D eigenvalue weighted by Crippen LogP contribution is -2.21. The van der Waals surface area contributed by atoms with Crippen molar-refractivity contribution in [1.82, 2.24) is 10.3 Å². The van der Waals surface area contributed by atoms with Crippen molar-refractivity contribution in [3.05, 3.63) is 17.8 Å². The molecule has 1 rings (SSSR count). The summed E-state index contributed by atoms with van der Waals surface area (Å²) < 4.78 is 15.4.